The molecule has 0 radical (unpaired) electrons. The zero-order chi connectivity index (χ0) is 23.4. The fourth-order valence-corrected chi connectivity index (χ4v) is 3.94. The summed E-state index contributed by atoms with van der Waals surface area (Å²) in [7, 11) is 0. The molecule has 0 aromatic heterocycles. The molecule has 4 rings (SSSR count). The van der Waals surface area contributed by atoms with Gasteiger partial charge < -0.3 is 15.0 Å². The van der Waals surface area contributed by atoms with Gasteiger partial charge >= 0.3 is 0 Å². The number of benzene rings is 3. The van der Waals surface area contributed by atoms with Gasteiger partial charge in [0.25, 0.3) is 11.8 Å². The molecule has 1 heterocycles. The van der Waals surface area contributed by atoms with Gasteiger partial charge in [-0.15, -0.1) is 0 Å². The van der Waals surface area contributed by atoms with Crippen molar-refractivity contribution in [2.24, 2.45) is 0 Å². The van der Waals surface area contributed by atoms with Crippen LogP contribution in [0.5, 0.6) is 5.75 Å². The van der Waals surface area contributed by atoms with Gasteiger partial charge in [-0.2, -0.15) is 0 Å². The van der Waals surface area contributed by atoms with E-state index in [4.69, 9.17) is 4.74 Å². The molecule has 0 saturated carbocycles. The summed E-state index contributed by atoms with van der Waals surface area (Å²) in [6.45, 7) is 7.05. The molecule has 1 aliphatic heterocycles. The molecule has 0 fully saturated rings. The van der Waals surface area contributed by atoms with Crippen LogP contribution in [0.2, 0.25) is 0 Å². The number of aryl methyl sites for hydroxylation is 1. The molecule has 5 nitrogen and oxygen atoms in total. The van der Waals surface area contributed by atoms with Gasteiger partial charge in [-0.3, -0.25) is 9.59 Å². The lowest BCUT2D eigenvalue weighted by Gasteiger charge is -2.30. The predicted octanol–water partition coefficient (Wildman–Crippen LogP) is 5.59. The van der Waals surface area contributed by atoms with Crippen LogP contribution in [-0.2, 0) is 16.6 Å². The first-order valence-corrected chi connectivity index (χ1v) is 11.3. The van der Waals surface area contributed by atoms with Gasteiger partial charge in [-0.25, -0.2) is 0 Å². The van der Waals surface area contributed by atoms with Gasteiger partial charge in [-0.05, 0) is 59.7 Å². The van der Waals surface area contributed by atoms with Gasteiger partial charge in [0.15, 0.2) is 6.61 Å². The Balaban J connectivity index is 1.46. The zero-order valence-electron chi connectivity index (χ0n) is 19.4. The molecule has 5 heteroatoms. The Morgan fingerprint density at radius 1 is 1.00 bits per heavy atom. The molecular formula is C28H30N2O3. The van der Waals surface area contributed by atoms with Gasteiger partial charge in [0, 0.05) is 17.8 Å². The number of carbonyl (C=O) groups is 2. The standard InChI is InChI=1S/C28H30N2O3/c1-28(2,3)22-13-11-21(12-14-22)27(32)29-23-15-16-25-24(18-23)30(26(31)19-33-25)17-7-10-20-8-5-4-6-9-20/h4-6,8-9,11-16,18H,7,10,17,19H2,1-3H3,(H,29,32). The number of anilines is 2. The van der Waals surface area contributed by atoms with E-state index in [0.717, 1.165) is 12.8 Å². The highest BCUT2D eigenvalue weighted by molar-refractivity contribution is 6.05. The van der Waals surface area contributed by atoms with Gasteiger partial charge in [0.05, 0.1) is 5.69 Å². The molecule has 0 atom stereocenters. The van der Waals surface area contributed by atoms with Crippen LogP contribution in [0.4, 0.5) is 11.4 Å². The average Bonchev–Trinajstić information content (AvgIpc) is 2.81. The number of hydrogen-bond acceptors (Lipinski definition) is 3. The van der Waals surface area contributed by atoms with Crippen LogP contribution in [0.25, 0.3) is 0 Å². The van der Waals surface area contributed by atoms with E-state index in [0.29, 0.717) is 29.2 Å². The summed E-state index contributed by atoms with van der Waals surface area (Å²) in [5, 5.41) is 2.95. The molecular weight excluding hydrogens is 412 g/mol. The van der Waals surface area contributed by atoms with Gasteiger partial charge in [-0.1, -0.05) is 63.2 Å². The Hall–Kier alpha value is -3.60. The Bertz CT molecular complexity index is 1130. The Morgan fingerprint density at radius 3 is 2.42 bits per heavy atom. The molecule has 0 saturated heterocycles. The van der Waals surface area contributed by atoms with Crippen molar-refractivity contribution in [3.63, 3.8) is 0 Å². The maximum Gasteiger partial charge on any atom is 0.265 e. The maximum atomic E-state index is 12.8. The van der Waals surface area contributed by atoms with Crippen LogP contribution in [0.15, 0.2) is 72.8 Å². The lowest BCUT2D eigenvalue weighted by atomic mass is 9.87. The Labute approximate surface area is 195 Å². The summed E-state index contributed by atoms with van der Waals surface area (Å²) < 4.78 is 5.62. The summed E-state index contributed by atoms with van der Waals surface area (Å²) in [6, 6.07) is 23.3. The lowest BCUT2D eigenvalue weighted by molar-refractivity contribution is -0.121. The zero-order valence-corrected chi connectivity index (χ0v) is 19.4. The van der Waals surface area contributed by atoms with Crippen molar-refractivity contribution < 1.29 is 14.3 Å². The third-order valence-corrected chi connectivity index (χ3v) is 5.86. The number of carbonyl (C=O) groups excluding carboxylic acids is 2. The topological polar surface area (TPSA) is 58.6 Å². The first-order valence-electron chi connectivity index (χ1n) is 11.3. The van der Waals surface area contributed by atoms with Crippen molar-refractivity contribution in [1.82, 2.24) is 0 Å². The molecule has 1 aliphatic rings. The van der Waals surface area contributed by atoms with Crippen molar-refractivity contribution in [2.45, 2.75) is 39.0 Å². The third kappa shape index (κ3) is 5.43. The third-order valence-electron chi connectivity index (χ3n) is 5.86. The fraction of sp³-hybridized carbons (Fsp3) is 0.286. The summed E-state index contributed by atoms with van der Waals surface area (Å²) in [5.41, 5.74) is 4.37. The molecule has 0 aliphatic carbocycles. The van der Waals surface area contributed by atoms with E-state index in [1.165, 1.54) is 11.1 Å². The highest BCUT2D eigenvalue weighted by Crippen LogP contribution is 2.35. The van der Waals surface area contributed by atoms with Crippen LogP contribution in [0.1, 0.15) is 48.7 Å². The second kappa shape index (κ2) is 9.49. The summed E-state index contributed by atoms with van der Waals surface area (Å²) in [5.74, 6) is 0.396. The van der Waals surface area contributed by atoms with E-state index in [2.05, 4.69) is 38.2 Å². The largest absolute Gasteiger partial charge is 0.482 e. The summed E-state index contributed by atoms with van der Waals surface area (Å²) in [6.07, 6.45) is 1.73. The second-order valence-corrected chi connectivity index (χ2v) is 9.39. The van der Waals surface area contributed by atoms with E-state index in [9.17, 15) is 9.59 Å². The number of amides is 2. The Kier molecular flexibility index (Phi) is 6.50. The van der Waals surface area contributed by atoms with Crippen molar-refractivity contribution in [3.8, 4) is 5.75 Å². The number of hydrogen-bond donors (Lipinski definition) is 1. The van der Waals surface area contributed by atoms with Crippen LogP contribution < -0.4 is 15.0 Å². The first-order chi connectivity index (χ1) is 15.8. The predicted molar refractivity (Wildman–Crippen MR) is 132 cm³/mol. The van der Waals surface area contributed by atoms with E-state index in [1.807, 2.05) is 54.6 Å². The number of rotatable bonds is 6. The minimum atomic E-state index is -0.186. The minimum absolute atomic E-state index is 0.0318. The number of nitrogens with zero attached hydrogens (tertiary/aromatic N) is 1. The maximum absolute atomic E-state index is 12.8. The normalized spacial score (nSPS) is 13.3. The molecule has 0 spiro atoms. The van der Waals surface area contributed by atoms with Crippen LogP contribution in [0, 0.1) is 0 Å². The number of ether oxygens (including phenoxy) is 1. The average molecular weight is 443 g/mol. The molecule has 3 aromatic rings. The quantitative estimate of drug-likeness (QED) is 0.541. The smallest absolute Gasteiger partial charge is 0.265 e. The second-order valence-electron chi connectivity index (χ2n) is 9.39. The molecule has 0 bridgehead atoms. The highest BCUT2D eigenvalue weighted by Gasteiger charge is 2.25. The van der Waals surface area contributed by atoms with Crippen molar-refractivity contribution >= 4 is 23.2 Å². The number of nitrogens with one attached hydrogen (secondary N) is 1. The van der Waals surface area contributed by atoms with E-state index in [-0.39, 0.29) is 23.8 Å². The van der Waals surface area contributed by atoms with E-state index >= 15 is 0 Å². The first kappa shape index (κ1) is 22.6. The number of fused-ring (bicyclic) bond motifs is 1. The summed E-state index contributed by atoms with van der Waals surface area (Å²) >= 11 is 0. The molecule has 1 N–H and O–H groups in total. The fourth-order valence-electron chi connectivity index (χ4n) is 3.94. The Morgan fingerprint density at radius 2 is 1.73 bits per heavy atom. The monoisotopic (exact) mass is 442 g/mol. The van der Waals surface area contributed by atoms with Crippen LogP contribution >= 0.6 is 0 Å². The molecule has 0 unspecified atom stereocenters. The molecule has 170 valence electrons. The molecule has 33 heavy (non-hydrogen) atoms. The van der Waals surface area contributed by atoms with Crippen molar-refractivity contribution in [3.05, 3.63) is 89.5 Å². The van der Waals surface area contributed by atoms with Crippen LogP contribution in [-0.4, -0.2) is 25.0 Å². The summed E-state index contributed by atoms with van der Waals surface area (Å²) in [4.78, 5) is 27.1. The van der Waals surface area contributed by atoms with Gasteiger partial charge in [0.2, 0.25) is 0 Å². The highest BCUT2D eigenvalue weighted by atomic mass is 16.5. The van der Waals surface area contributed by atoms with Crippen molar-refractivity contribution in [1.29, 1.82) is 0 Å². The van der Waals surface area contributed by atoms with Crippen molar-refractivity contribution in [2.75, 3.05) is 23.4 Å². The minimum Gasteiger partial charge on any atom is -0.482 e. The SMILES string of the molecule is CC(C)(C)c1ccc(C(=O)Nc2ccc3c(c2)N(CCCc2ccccc2)C(=O)CO3)cc1. The van der Waals surface area contributed by atoms with E-state index < -0.39 is 0 Å². The van der Waals surface area contributed by atoms with Gasteiger partial charge in [0.1, 0.15) is 5.75 Å². The molecule has 3 aromatic carbocycles. The van der Waals surface area contributed by atoms with Crippen LogP contribution in [0.3, 0.4) is 0 Å². The lowest BCUT2D eigenvalue weighted by Crippen LogP contribution is -2.39. The van der Waals surface area contributed by atoms with E-state index in [1.54, 1.807) is 11.0 Å². The molecule has 2 amide bonds.